The molecule has 1 aromatic carbocycles. The highest BCUT2D eigenvalue weighted by molar-refractivity contribution is 9.11. The highest BCUT2D eigenvalue weighted by atomic mass is 79.9. The highest BCUT2D eigenvalue weighted by Gasteiger charge is 2.12. The fourth-order valence-electron chi connectivity index (χ4n) is 0.916. The summed E-state index contributed by atoms with van der Waals surface area (Å²) < 4.78 is 1.06. The molecule has 0 aliphatic heterocycles. The van der Waals surface area contributed by atoms with E-state index in [-0.39, 0.29) is 5.71 Å². The molecule has 0 spiro atoms. The summed E-state index contributed by atoms with van der Waals surface area (Å²) in [5, 5.41) is 20.2. The fraction of sp³-hybridized carbons (Fsp3) is 0. The molecule has 0 saturated carbocycles. The molecule has 0 aliphatic carbocycles. The highest BCUT2D eigenvalue weighted by Crippen LogP contribution is 2.41. The molecule has 0 radical (unpaired) electrons. The SMILES string of the molecule is N#C/C(=N\Nc1cc(Cl)c(Br)c(Cl)c1Br)C(=N)N. The first-order chi connectivity index (χ1) is 8.38. The van der Waals surface area contributed by atoms with Crippen LogP contribution in [0.1, 0.15) is 0 Å². The summed E-state index contributed by atoms with van der Waals surface area (Å²) in [6, 6.07) is 3.24. The van der Waals surface area contributed by atoms with Crippen molar-refractivity contribution in [1.29, 1.82) is 10.7 Å². The Kier molecular flexibility index (Phi) is 5.41. The van der Waals surface area contributed by atoms with E-state index in [2.05, 4.69) is 42.4 Å². The predicted molar refractivity (Wildman–Crippen MR) is 80.4 cm³/mol. The first kappa shape index (κ1) is 15.2. The molecule has 0 unspecified atom stereocenters. The van der Waals surface area contributed by atoms with E-state index in [0.29, 0.717) is 24.7 Å². The van der Waals surface area contributed by atoms with Gasteiger partial charge in [-0.2, -0.15) is 10.4 Å². The van der Waals surface area contributed by atoms with Gasteiger partial charge in [-0.1, -0.05) is 23.2 Å². The standard InChI is InChI=1S/C9H5Br2Cl2N5/c10-6-3(12)1-4(7(11)8(6)13)17-18-5(2-14)9(15)16/h1,17H,(H3,15,16)/b18-5+. The lowest BCUT2D eigenvalue weighted by Crippen LogP contribution is -2.21. The molecule has 5 nitrogen and oxygen atoms in total. The number of benzene rings is 1. The number of anilines is 1. The maximum atomic E-state index is 8.68. The van der Waals surface area contributed by atoms with Crippen molar-refractivity contribution in [3.63, 3.8) is 0 Å². The van der Waals surface area contributed by atoms with Gasteiger partial charge in [-0.05, 0) is 37.9 Å². The van der Waals surface area contributed by atoms with Crippen LogP contribution in [-0.4, -0.2) is 11.5 Å². The first-order valence-electron chi connectivity index (χ1n) is 4.29. The largest absolute Gasteiger partial charge is 0.382 e. The zero-order valence-corrected chi connectivity index (χ0v) is 13.2. The number of hydrogen-bond acceptors (Lipinski definition) is 4. The predicted octanol–water partition coefficient (Wildman–Crippen LogP) is 3.75. The van der Waals surface area contributed by atoms with Gasteiger partial charge in [0.1, 0.15) is 6.07 Å². The van der Waals surface area contributed by atoms with E-state index in [0.717, 1.165) is 0 Å². The Bertz CT molecular complexity index is 579. The number of amidine groups is 1. The number of hydrogen-bond donors (Lipinski definition) is 3. The summed E-state index contributed by atoms with van der Waals surface area (Å²) in [4.78, 5) is 0. The van der Waals surface area contributed by atoms with Gasteiger partial charge in [-0.25, -0.2) is 0 Å². The summed E-state index contributed by atoms with van der Waals surface area (Å²) in [5.74, 6) is -0.435. The Morgan fingerprint density at radius 2 is 2.06 bits per heavy atom. The van der Waals surface area contributed by atoms with Crippen LogP contribution in [0.5, 0.6) is 0 Å². The van der Waals surface area contributed by atoms with Crippen molar-refractivity contribution >= 4 is 72.3 Å². The summed E-state index contributed by atoms with van der Waals surface area (Å²) in [7, 11) is 0. The molecule has 18 heavy (non-hydrogen) atoms. The third-order valence-electron chi connectivity index (χ3n) is 1.75. The molecule has 1 rings (SSSR count). The van der Waals surface area contributed by atoms with Gasteiger partial charge in [-0.3, -0.25) is 10.8 Å². The van der Waals surface area contributed by atoms with E-state index >= 15 is 0 Å². The second-order valence-electron chi connectivity index (χ2n) is 2.95. The van der Waals surface area contributed by atoms with E-state index in [4.69, 9.17) is 39.6 Å². The van der Waals surface area contributed by atoms with Crippen molar-refractivity contribution in [1.82, 2.24) is 0 Å². The smallest absolute Gasteiger partial charge is 0.201 e. The molecule has 0 aromatic heterocycles. The summed E-state index contributed by atoms with van der Waals surface area (Å²) in [6.07, 6.45) is 0. The number of nitriles is 1. The van der Waals surface area contributed by atoms with Crippen LogP contribution in [0.4, 0.5) is 5.69 Å². The van der Waals surface area contributed by atoms with E-state index in [1.807, 2.05) is 0 Å². The molecule has 4 N–H and O–H groups in total. The van der Waals surface area contributed by atoms with Gasteiger partial charge in [-0.15, -0.1) is 0 Å². The summed E-state index contributed by atoms with van der Waals surface area (Å²) in [6.45, 7) is 0. The first-order valence-corrected chi connectivity index (χ1v) is 6.63. The maximum absolute atomic E-state index is 8.68. The van der Waals surface area contributed by atoms with Crippen molar-refractivity contribution < 1.29 is 0 Å². The van der Waals surface area contributed by atoms with Gasteiger partial charge in [0.05, 0.1) is 24.7 Å². The summed E-state index contributed by atoms with van der Waals surface area (Å²) >= 11 is 18.4. The van der Waals surface area contributed by atoms with Gasteiger partial charge >= 0.3 is 0 Å². The van der Waals surface area contributed by atoms with E-state index in [9.17, 15) is 0 Å². The lowest BCUT2D eigenvalue weighted by atomic mass is 10.3. The molecular formula is C9H5Br2Cl2N5. The van der Waals surface area contributed by atoms with Gasteiger partial charge in [0.2, 0.25) is 5.71 Å². The van der Waals surface area contributed by atoms with Gasteiger partial charge in [0.15, 0.2) is 5.84 Å². The molecule has 1 aromatic rings. The molecule has 0 atom stereocenters. The summed E-state index contributed by atoms with van der Waals surface area (Å²) in [5.41, 5.74) is 7.92. The van der Waals surface area contributed by atoms with Crippen molar-refractivity contribution in [2.45, 2.75) is 0 Å². The molecule has 0 fully saturated rings. The van der Waals surface area contributed by atoms with Crippen molar-refractivity contribution in [2.75, 3.05) is 5.43 Å². The molecule has 9 heteroatoms. The van der Waals surface area contributed by atoms with Crippen LogP contribution in [-0.2, 0) is 0 Å². The Hall–Kier alpha value is -0.810. The topological polar surface area (TPSA) is 98.0 Å². The Balaban J connectivity index is 3.15. The van der Waals surface area contributed by atoms with Crippen molar-refractivity contribution in [3.05, 3.63) is 25.1 Å². The van der Waals surface area contributed by atoms with E-state index in [1.165, 1.54) is 0 Å². The molecule has 0 aliphatic rings. The number of nitrogens with two attached hydrogens (primary N) is 1. The molecule has 94 valence electrons. The second kappa shape index (κ2) is 6.38. The third-order valence-corrected chi connectivity index (χ3v) is 4.76. The number of nitrogens with zero attached hydrogens (tertiary/aromatic N) is 2. The Morgan fingerprint density at radius 3 is 2.56 bits per heavy atom. The quantitative estimate of drug-likeness (QED) is 0.231. The average Bonchev–Trinajstić information content (AvgIpc) is 2.33. The zero-order valence-electron chi connectivity index (χ0n) is 8.56. The Labute approximate surface area is 130 Å². The van der Waals surface area contributed by atoms with Gasteiger partial charge < -0.3 is 5.73 Å². The minimum atomic E-state index is -0.435. The van der Waals surface area contributed by atoms with Gasteiger partial charge in [0, 0.05) is 0 Å². The number of rotatable bonds is 3. The average molecular weight is 414 g/mol. The fourth-order valence-corrected chi connectivity index (χ4v) is 2.35. The van der Waals surface area contributed by atoms with Crippen LogP contribution in [0.25, 0.3) is 0 Å². The van der Waals surface area contributed by atoms with Crippen LogP contribution >= 0.6 is 55.1 Å². The van der Waals surface area contributed by atoms with Crippen molar-refractivity contribution in [3.8, 4) is 6.07 Å². The van der Waals surface area contributed by atoms with Crippen molar-refractivity contribution in [2.24, 2.45) is 10.8 Å². The van der Waals surface area contributed by atoms with E-state index in [1.54, 1.807) is 12.1 Å². The molecule has 0 heterocycles. The lowest BCUT2D eigenvalue weighted by Gasteiger charge is -2.09. The Morgan fingerprint density at radius 1 is 1.44 bits per heavy atom. The minimum Gasteiger partial charge on any atom is -0.382 e. The number of hydrazone groups is 1. The monoisotopic (exact) mass is 411 g/mol. The zero-order chi connectivity index (χ0) is 13.9. The second-order valence-corrected chi connectivity index (χ2v) is 5.32. The maximum Gasteiger partial charge on any atom is 0.201 e. The van der Waals surface area contributed by atoms with Crippen LogP contribution in [0.3, 0.4) is 0 Å². The van der Waals surface area contributed by atoms with Crippen LogP contribution < -0.4 is 11.2 Å². The minimum absolute atomic E-state index is 0.239. The normalized spacial score (nSPS) is 10.9. The molecular weight excluding hydrogens is 409 g/mol. The number of nitrogens with one attached hydrogen (secondary N) is 2. The van der Waals surface area contributed by atoms with Crippen LogP contribution in [0, 0.1) is 16.7 Å². The van der Waals surface area contributed by atoms with Crippen LogP contribution in [0.15, 0.2) is 20.1 Å². The molecule has 0 amide bonds. The van der Waals surface area contributed by atoms with E-state index < -0.39 is 5.84 Å². The third kappa shape index (κ3) is 3.36. The number of halogens is 4. The lowest BCUT2D eigenvalue weighted by molar-refractivity contribution is 1.32. The van der Waals surface area contributed by atoms with Crippen LogP contribution in [0.2, 0.25) is 10.0 Å². The molecule has 0 bridgehead atoms. The van der Waals surface area contributed by atoms with Gasteiger partial charge in [0.25, 0.3) is 0 Å². The molecule has 0 saturated heterocycles.